The molecule has 0 bridgehead atoms. The Balaban J connectivity index is 0.00000243. The zero-order valence-electron chi connectivity index (χ0n) is 16.0. The SMILES string of the molecule is CCNC(=NCc1ccccc1COCC)N1CCC2(CCOC2)C1.I. The van der Waals surface area contributed by atoms with Crippen LogP contribution in [0.15, 0.2) is 29.3 Å². The van der Waals surface area contributed by atoms with E-state index in [4.69, 9.17) is 14.5 Å². The van der Waals surface area contributed by atoms with E-state index in [-0.39, 0.29) is 24.0 Å². The molecule has 1 aromatic rings. The first-order chi connectivity index (χ1) is 12.3. The van der Waals surface area contributed by atoms with E-state index in [1.54, 1.807) is 0 Å². The van der Waals surface area contributed by atoms with Crippen molar-refractivity contribution in [3.63, 3.8) is 0 Å². The van der Waals surface area contributed by atoms with Gasteiger partial charge in [0.25, 0.3) is 0 Å². The van der Waals surface area contributed by atoms with Gasteiger partial charge in [-0.3, -0.25) is 0 Å². The summed E-state index contributed by atoms with van der Waals surface area (Å²) in [5.74, 6) is 1.03. The Kier molecular flexibility index (Phi) is 8.63. The van der Waals surface area contributed by atoms with Gasteiger partial charge in [0.1, 0.15) is 0 Å². The topological polar surface area (TPSA) is 46.1 Å². The standard InChI is InChI=1S/C20H31N3O2.HI/c1-3-21-19(23-11-9-20(15-23)10-12-25-16-20)22-13-17-7-5-6-8-18(17)14-24-4-2;/h5-8H,3-4,9-16H2,1-2H3,(H,21,22);1H. The summed E-state index contributed by atoms with van der Waals surface area (Å²) in [6.45, 7) is 11.1. The van der Waals surface area contributed by atoms with E-state index in [0.29, 0.717) is 18.6 Å². The van der Waals surface area contributed by atoms with Crippen molar-refractivity contribution in [2.45, 2.75) is 39.8 Å². The average Bonchev–Trinajstić information content (AvgIpc) is 3.27. The minimum Gasteiger partial charge on any atom is -0.381 e. The van der Waals surface area contributed by atoms with Gasteiger partial charge < -0.3 is 19.7 Å². The molecule has 1 spiro atoms. The Morgan fingerprint density at radius 3 is 2.77 bits per heavy atom. The monoisotopic (exact) mass is 473 g/mol. The molecule has 2 aliphatic rings. The predicted octanol–water partition coefficient (Wildman–Crippen LogP) is 3.42. The first kappa shape index (κ1) is 21.4. The van der Waals surface area contributed by atoms with E-state index in [9.17, 15) is 0 Å². The van der Waals surface area contributed by atoms with Crippen LogP contribution < -0.4 is 5.32 Å². The third-order valence-corrected chi connectivity index (χ3v) is 5.24. The Morgan fingerprint density at radius 1 is 1.27 bits per heavy atom. The van der Waals surface area contributed by atoms with Crippen LogP contribution in [0.25, 0.3) is 0 Å². The van der Waals surface area contributed by atoms with Crippen LogP contribution in [0, 0.1) is 5.41 Å². The molecule has 3 rings (SSSR count). The van der Waals surface area contributed by atoms with Crippen LogP contribution in [-0.2, 0) is 22.6 Å². The van der Waals surface area contributed by atoms with Gasteiger partial charge in [-0.1, -0.05) is 24.3 Å². The predicted molar refractivity (Wildman–Crippen MR) is 116 cm³/mol. The van der Waals surface area contributed by atoms with E-state index in [0.717, 1.165) is 45.4 Å². The number of aliphatic imine (C=N–C) groups is 1. The molecule has 146 valence electrons. The van der Waals surface area contributed by atoms with Gasteiger partial charge in [0, 0.05) is 38.3 Å². The molecule has 0 saturated carbocycles. The Labute approximate surface area is 174 Å². The van der Waals surface area contributed by atoms with Gasteiger partial charge >= 0.3 is 0 Å². The molecule has 2 aliphatic heterocycles. The van der Waals surface area contributed by atoms with Crippen LogP contribution >= 0.6 is 24.0 Å². The van der Waals surface area contributed by atoms with E-state index >= 15 is 0 Å². The van der Waals surface area contributed by atoms with Gasteiger partial charge in [-0.05, 0) is 37.8 Å². The lowest BCUT2D eigenvalue weighted by Gasteiger charge is -2.25. The lowest BCUT2D eigenvalue weighted by Crippen LogP contribution is -2.41. The summed E-state index contributed by atoms with van der Waals surface area (Å²) in [6.07, 6.45) is 2.39. The number of ether oxygens (including phenoxy) is 2. The Hall–Kier alpha value is -0.860. The second-order valence-electron chi connectivity index (χ2n) is 7.05. The van der Waals surface area contributed by atoms with E-state index in [2.05, 4.69) is 41.4 Å². The molecule has 0 aliphatic carbocycles. The third-order valence-electron chi connectivity index (χ3n) is 5.24. The van der Waals surface area contributed by atoms with Gasteiger partial charge in [-0.2, -0.15) is 0 Å². The lowest BCUT2D eigenvalue weighted by molar-refractivity contribution is 0.133. The number of nitrogens with one attached hydrogen (secondary N) is 1. The fraction of sp³-hybridized carbons (Fsp3) is 0.650. The van der Waals surface area contributed by atoms with Gasteiger partial charge in [0.2, 0.25) is 0 Å². The zero-order valence-corrected chi connectivity index (χ0v) is 18.3. The fourth-order valence-corrected chi connectivity index (χ4v) is 3.74. The molecular weight excluding hydrogens is 441 g/mol. The number of hydrogen-bond acceptors (Lipinski definition) is 3. The number of nitrogens with zero attached hydrogens (tertiary/aromatic N) is 2. The second-order valence-corrected chi connectivity index (χ2v) is 7.05. The van der Waals surface area contributed by atoms with Crippen LogP contribution in [-0.4, -0.2) is 50.3 Å². The molecule has 0 aromatic heterocycles. The van der Waals surface area contributed by atoms with Crippen LogP contribution in [0.2, 0.25) is 0 Å². The second kappa shape index (κ2) is 10.5. The van der Waals surface area contributed by atoms with Crippen LogP contribution in [0.3, 0.4) is 0 Å². The summed E-state index contributed by atoms with van der Waals surface area (Å²) in [7, 11) is 0. The van der Waals surface area contributed by atoms with Gasteiger partial charge in [0.15, 0.2) is 5.96 Å². The molecule has 1 aromatic carbocycles. The van der Waals surface area contributed by atoms with E-state index in [1.165, 1.54) is 24.0 Å². The molecule has 1 atom stereocenters. The van der Waals surface area contributed by atoms with E-state index < -0.39 is 0 Å². The molecular formula is C20H32IN3O2. The largest absolute Gasteiger partial charge is 0.381 e. The van der Waals surface area contributed by atoms with Gasteiger partial charge in [0.05, 0.1) is 19.8 Å². The van der Waals surface area contributed by atoms with Crippen LogP contribution in [0.4, 0.5) is 0 Å². The molecule has 0 amide bonds. The summed E-state index contributed by atoms with van der Waals surface area (Å²) in [6, 6.07) is 8.43. The molecule has 1 unspecified atom stereocenters. The first-order valence-corrected chi connectivity index (χ1v) is 9.52. The highest BCUT2D eigenvalue weighted by Gasteiger charge is 2.42. The van der Waals surface area contributed by atoms with Crippen molar-refractivity contribution < 1.29 is 9.47 Å². The van der Waals surface area contributed by atoms with Crippen molar-refractivity contribution in [3.05, 3.63) is 35.4 Å². The number of rotatable bonds is 6. The highest BCUT2D eigenvalue weighted by molar-refractivity contribution is 14.0. The molecule has 5 nitrogen and oxygen atoms in total. The number of guanidine groups is 1. The highest BCUT2D eigenvalue weighted by atomic mass is 127. The van der Waals surface area contributed by atoms with E-state index in [1.807, 2.05) is 6.92 Å². The number of hydrogen-bond donors (Lipinski definition) is 1. The highest BCUT2D eigenvalue weighted by Crippen LogP contribution is 2.38. The smallest absolute Gasteiger partial charge is 0.194 e. The summed E-state index contributed by atoms with van der Waals surface area (Å²) < 4.78 is 11.2. The molecule has 2 saturated heterocycles. The summed E-state index contributed by atoms with van der Waals surface area (Å²) >= 11 is 0. The van der Waals surface area contributed by atoms with Crippen LogP contribution in [0.5, 0.6) is 0 Å². The maximum absolute atomic E-state index is 5.65. The molecule has 2 heterocycles. The van der Waals surface area contributed by atoms with Crippen molar-refractivity contribution in [2.24, 2.45) is 10.4 Å². The quantitative estimate of drug-likeness (QED) is 0.391. The first-order valence-electron chi connectivity index (χ1n) is 9.52. The summed E-state index contributed by atoms with van der Waals surface area (Å²) in [4.78, 5) is 7.33. The zero-order chi connectivity index (χ0) is 17.5. The summed E-state index contributed by atoms with van der Waals surface area (Å²) in [5.41, 5.74) is 2.82. The minimum atomic E-state index is 0. The molecule has 26 heavy (non-hydrogen) atoms. The number of halogens is 1. The molecule has 1 N–H and O–H groups in total. The van der Waals surface area contributed by atoms with Crippen molar-refractivity contribution in [1.82, 2.24) is 10.2 Å². The Bertz CT molecular complexity index is 588. The Morgan fingerprint density at radius 2 is 2.08 bits per heavy atom. The third kappa shape index (κ3) is 5.33. The normalized spacial score (nSPS) is 22.7. The lowest BCUT2D eigenvalue weighted by atomic mass is 9.87. The van der Waals surface area contributed by atoms with Crippen molar-refractivity contribution in [2.75, 3.05) is 39.5 Å². The van der Waals surface area contributed by atoms with Crippen LogP contribution in [0.1, 0.15) is 37.8 Å². The van der Waals surface area contributed by atoms with Crippen molar-refractivity contribution in [3.8, 4) is 0 Å². The summed E-state index contributed by atoms with van der Waals surface area (Å²) in [5, 5.41) is 3.47. The average molecular weight is 473 g/mol. The maximum Gasteiger partial charge on any atom is 0.194 e. The molecule has 0 radical (unpaired) electrons. The number of likely N-dealkylation sites (tertiary alicyclic amines) is 1. The van der Waals surface area contributed by atoms with Gasteiger partial charge in [-0.15, -0.1) is 24.0 Å². The maximum atomic E-state index is 5.65. The fourth-order valence-electron chi connectivity index (χ4n) is 3.74. The number of benzene rings is 1. The van der Waals surface area contributed by atoms with Crippen molar-refractivity contribution >= 4 is 29.9 Å². The van der Waals surface area contributed by atoms with Gasteiger partial charge in [-0.25, -0.2) is 4.99 Å². The molecule has 2 fully saturated rings. The van der Waals surface area contributed by atoms with Crippen molar-refractivity contribution in [1.29, 1.82) is 0 Å². The minimum absolute atomic E-state index is 0. The molecule has 6 heteroatoms.